The summed E-state index contributed by atoms with van der Waals surface area (Å²) in [5.41, 5.74) is 7.42. The first-order chi connectivity index (χ1) is 8.84. The molecule has 1 aromatic rings. The van der Waals surface area contributed by atoms with Gasteiger partial charge in [-0.25, -0.2) is 0 Å². The van der Waals surface area contributed by atoms with Crippen molar-refractivity contribution in [3.63, 3.8) is 0 Å². The standard InChI is InChI=1S/C18H28O/c1-10(2)15-8-12(5)13(6)17-14(7)19-9-16(11(3)4)18(15)17/h8,10-11,14,16H,9H2,1-7H3/t14-,16?/m0/s1. The molecule has 0 aliphatic carbocycles. The van der Waals surface area contributed by atoms with Gasteiger partial charge in [0, 0.05) is 5.92 Å². The molecule has 19 heavy (non-hydrogen) atoms. The topological polar surface area (TPSA) is 9.23 Å². The van der Waals surface area contributed by atoms with E-state index in [0.29, 0.717) is 17.8 Å². The smallest absolute Gasteiger partial charge is 0.0802 e. The van der Waals surface area contributed by atoms with Crippen LogP contribution < -0.4 is 0 Å². The average Bonchev–Trinajstić information content (AvgIpc) is 2.32. The molecule has 0 amide bonds. The van der Waals surface area contributed by atoms with Crippen LogP contribution in [0.15, 0.2) is 6.07 Å². The summed E-state index contributed by atoms with van der Waals surface area (Å²) in [6.45, 7) is 16.8. The Hall–Kier alpha value is -0.820. The van der Waals surface area contributed by atoms with Crippen molar-refractivity contribution in [3.05, 3.63) is 33.9 Å². The normalized spacial score (nSPS) is 23.0. The maximum Gasteiger partial charge on any atom is 0.0802 e. The van der Waals surface area contributed by atoms with Crippen LogP contribution in [-0.4, -0.2) is 6.61 Å². The molecule has 106 valence electrons. The Morgan fingerprint density at radius 2 is 1.74 bits per heavy atom. The van der Waals surface area contributed by atoms with Gasteiger partial charge in [0.05, 0.1) is 12.7 Å². The molecule has 1 unspecified atom stereocenters. The van der Waals surface area contributed by atoms with Gasteiger partial charge in [-0.15, -0.1) is 0 Å². The third-order valence-corrected chi connectivity index (χ3v) is 4.70. The van der Waals surface area contributed by atoms with E-state index in [-0.39, 0.29) is 6.10 Å². The highest BCUT2D eigenvalue weighted by Crippen LogP contribution is 2.43. The van der Waals surface area contributed by atoms with Gasteiger partial charge in [-0.2, -0.15) is 0 Å². The molecular formula is C18H28O. The lowest BCUT2D eigenvalue weighted by Gasteiger charge is -2.37. The molecule has 2 atom stereocenters. The van der Waals surface area contributed by atoms with Gasteiger partial charge in [-0.05, 0) is 60.4 Å². The minimum Gasteiger partial charge on any atom is -0.373 e. The molecule has 0 aromatic heterocycles. The van der Waals surface area contributed by atoms with Crippen LogP contribution in [0.2, 0.25) is 0 Å². The van der Waals surface area contributed by atoms with Gasteiger partial charge in [0.25, 0.3) is 0 Å². The molecule has 0 saturated carbocycles. The highest BCUT2D eigenvalue weighted by molar-refractivity contribution is 5.50. The summed E-state index contributed by atoms with van der Waals surface area (Å²) in [4.78, 5) is 0. The van der Waals surface area contributed by atoms with Crippen LogP contribution in [0.5, 0.6) is 0 Å². The lowest BCUT2D eigenvalue weighted by molar-refractivity contribution is 0.0299. The fourth-order valence-corrected chi connectivity index (χ4v) is 3.35. The molecule has 1 heterocycles. The van der Waals surface area contributed by atoms with Crippen LogP contribution in [-0.2, 0) is 4.74 Å². The number of rotatable bonds is 2. The van der Waals surface area contributed by atoms with Crippen molar-refractivity contribution in [2.24, 2.45) is 5.92 Å². The van der Waals surface area contributed by atoms with E-state index in [1.54, 1.807) is 5.56 Å². The van der Waals surface area contributed by atoms with E-state index in [9.17, 15) is 0 Å². The lowest BCUT2D eigenvalue weighted by Crippen LogP contribution is -2.26. The number of hydrogen-bond acceptors (Lipinski definition) is 1. The molecule has 1 nitrogen and oxygen atoms in total. The highest BCUT2D eigenvalue weighted by Gasteiger charge is 2.32. The second-order valence-electron chi connectivity index (χ2n) is 6.72. The summed E-state index contributed by atoms with van der Waals surface area (Å²) in [5, 5.41) is 0. The zero-order valence-electron chi connectivity index (χ0n) is 13.5. The summed E-state index contributed by atoms with van der Waals surface area (Å²) in [6.07, 6.45) is 0.238. The van der Waals surface area contributed by atoms with Crippen molar-refractivity contribution in [2.75, 3.05) is 6.61 Å². The predicted octanol–water partition coefficient (Wildman–Crippen LogP) is 5.26. The molecule has 2 rings (SSSR count). The Morgan fingerprint density at radius 1 is 1.11 bits per heavy atom. The molecule has 1 aliphatic heterocycles. The Kier molecular flexibility index (Phi) is 4.06. The van der Waals surface area contributed by atoms with Crippen LogP contribution in [0.1, 0.15) is 80.4 Å². The van der Waals surface area contributed by atoms with E-state index in [0.717, 1.165) is 6.61 Å². The summed E-state index contributed by atoms with van der Waals surface area (Å²) < 4.78 is 6.05. The minimum atomic E-state index is 0.238. The molecule has 0 fully saturated rings. The van der Waals surface area contributed by atoms with Gasteiger partial charge in [0.1, 0.15) is 0 Å². The molecule has 1 aliphatic rings. The molecule has 0 spiro atoms. The predicted molar refractivity (Wildman–Crippen MR) is 82.0 cm³/mol. The molecule has 1 heteroatoms. The van der Waals surface area contributed by atoms with Gasteiger partial charge in [-0.1, -0.05) is 33.8 Å². The van der Waals surface area contributed by atoms with E-state index in [1.807, 2.05) is 0 Å². The van der Waals surface area contributed by atoms with Gasteiger partial charge < -0.3 is 4.74 Å². The minimum absolute atomic E-state index is 0.238. The fraction of sp³-hybridized carbons (Fsp3) is 0.667. The second kappa shape index (κ2) is 5.28. The number of aryl methyl sites for hydroxylation is 1. The Labute approximate surface area is 118 Å². The summed E-state index contributed by atoms with van der Waals surface area (Å²) >= 11 is 0. The fourth-order valence-electron chi connectivity index (χ4n) is 3.35. The van der Waals surface area contributed by atoms with Crippen molar-refractivity contribution in [1.29, 1.82) is 0 Å². The van der Waals surface area contributed by atoms with E-state index < -0.39 is 0 Å². The maximum atomic E-state index is 6.05. The number of benzene rings is 1. The van der Waals surface area contributed by atoms with Gasteiger partial charge >= 0.3 is 0 Å². The first kappa shape index (κ1) is 14.6. The first-order valence-electron chi connectivity index (χ1n) is 7.60. The molecule has 0 bridgehead atoms. The Balaban J connectivity index is 2.73. The summed E-state index contributed by atoms with van der Waals surface area (Å²) in [6, 6.07) is 2.41. The SMILES string of the molecule is Cc1cc(C(C)C)c2c(c1C)[C@H](C)OCC2C(C)C. The Bertz CT molecular complexity index is 471. The largest absolute Gasteiger partial charge is 0.373 e. The lowest BCUT2D eigenvalue weighted by atomic mass is 9.75. The van der Waals surface area contributed by atoms with Crippen molar-refractivity contribution in [3.8, 4) is 0 Å². The third-order valence-electron chi connectivity index (χ3n) is 4.70. The first-order valence-corrected chi connectivity index (χ1v) is 7.60. The average molecular weight is 260 g/mol. The third kappa shape index (κ3) is 2.45. The van der Waals surface area contributed by atoms with Gasteiger partial charge in [0.2, 0.25) is 0 Å². The molecule has 0 N–H and O–H groups in total. The van der Waals surface area contributed by atoms with Crippen molar-refractivity contribution in [2.45, 2.75) is 66.4 Å². The van der Waals surface area contributed by atoms with Crippen molar-refractivity contribution in [1.82, 2.24) is 0 Å². The number of hydrogen-bond donors (Lipinski definition) is 0. The molecule has 0 radical (unpaired) electrons. The molecular weight excluding hydrogens is 232 g/mol. The zero-order valence-corrected chi connectivity index (χ0v) is 13.5. The summed E-state index contributed by atoms with van der Waals surface area (Å²) in [7, 11) is 0. The van der Waals surface area contributed by atoms with Crippen LogP contribution in [0.25, 0.3) is 0 Å². The second-order valence-corrected chi connectivity index (χ2v) is 6.72. The number of ether oxygens (including phenoxy) is 1. The monoisotopic (exact) mass is 260 g/mol. The van der Waals surface area contributed by atoms with E-state index in [1.165, 1.54) is 22.3 Å². The van der Waals surface area contributed by atoms with Crippen LogP contribution in [0.4, 0.5) is 0 Å². The van der Waals surface area contributed by atoms with Crippen molar-refractivity contribution >= 4 is 0 Å². The van der Waals surface area contributed by atoms with Gasteiger partial charge in [-0.3, -0.25) is 0 Å². The Morgan fingerprint density at radius 3 is 2.26 bits per heavy atom. The van der Waals surface area contributed by atoms with Gasteiger partial charge in [0.15, 0.2) is 0 Å². The van der Waals surface area contributed by atoms with Crippen LogP contribution in [0.3, 0.4) is 0 Å². The highest BCUT2D eigenvalue weighted by atomic mass is 16.5. The molecule has 0 saturated heterocycles. The van der Waals surface area contributed by atoms with E-state index in [2.05, 4.69) is 54.5 Å². The quantitative estimate of drug-likeness (QED) is 0.705. The zero-order chi connectivity index (χ0) is 14.3. The summed E-state index contributed by atoms with van der Waals surface area (Å²) in [5.74, 6) is 1.76. The van der Waals surface area contributed by atoms with Crippen molar-refractivity contribution < 1.29 is 4.74 Å². The number of fused-ring (bicyclic) bond motifs is 1. The van der Waals surface area contributed by atoms with E-state index >= 15 is 0 Å². The molecule has 1 aromatic carbocycles. The van der Waals surface area contributed by atoms with Crippen LogP contribution >= 0.6 is 0 Å². The van der Waals surface area contributed by atoms with Crippen LogP contribution in [0, 0.1) is 19.8 Å². The maximum absolute atomic E-state index is 6.05. The van der Waals surface area contributed by atoms with E-state index in [4.69, 9.17) is 4.74 Å².